The molecule has 1 aliphatic rings. The van der Waals surface area contributed by atoms with E-state index in [1.807, 2.05) is 36.4 Å². The van der Waals surface area contributed by atoms with E-state index in [1.165, 1.54) is 12.8 Å². The summed E-state index contributed by atoms with van der Waals surface area (Å²) in [6.07, 6.45) is 4.50. The SMILES string of the molecule is Oc1ccccc1C1CCCCC1c1ccccc1O. The number of rotatable bonds is 2. The van der Waals surface area contributed by atoms with Crippen LogP contribution in [-0.2, 0) is 0 Å². The van der Waals surface area contributed by atoms with Crippen LogP contribution in [-0.4, -0.2) is 10.2 Å². The Morgan fingerprint density at radius 2 is 1.05 bits per heavy atom. The molecule has 2 atom stereocenters. The van der Waals surface area contributed by atoms with Crippen LogP contribution in [0.5, 0.6) is 11.5 Å². The molecule has 2 nitrogen and oxygen atoms in total. The van der Waals surface area contributed by atoms with Crippen molar-refractivity contribution in [1.29, 1.82) is 0 Å². The highest BCUT2D eigenvalue weighted by atomic mass is 16.3. The minimum Gasteiger partial charge on any atom is -0.508 e. The maximum absolute atomic E-state index is 10.1. The van der Waals surface area contributed by atoms with Crippen molar-refractivity contribution in [3.63, 3.8) is 0 Å². The van der Waals surface area contributed by atoms with Gasteiger partial charge in [0, 0.05) is 0 Å². The number of benzene rings is 2. The number of aromatic hydroxyl groups is 2. The average molecular weight is 268 g/mol. The fourth-order valence-corrected chi connectivity index (χ4v) is 3.48. The molecule has 2 heteroatoms. The van der Waals surface area contributed by atoms with E-state index in [1.54, 1.807) is 12.1 Å². The van der Waals surface area contributed by atoms with Gasteiger partial charge in [-0.2, -0.15) is 0 Å². The first-order chi connectivity index (χ1) is 9.77. The van der Waals surface area contributed by atoms with Crippen molar-refractivity contribution in [1.82, 2.24) is 0 Å². The van der Waals surface area contributed by atoms with Gasteiger partial charge in [-0.3, -0.25) is 0 Å². The molecule has 2 aromatic rings. The molecule has 0 aliphatic heterocycles. The van der Waals surface area contributed by atoms with Gasteiger partial charge in [-0.25, -0.2) is 0 Å². The smallest absolute Gasteiger partial charge is 0.119 e. The van der Waals surface area contributed by atoms with Gasteiger partial charge in [0.2, 0.25) is 0 Å². The lowest BCUT2D eigenvalue weighted by Crippen LogP contribution is -2.16. The Morgan fingerprint density at radius 1 is 0.650 bits per heavy atom. The molecule has 1 saturated carbocycles. The van der Waals surface area contributed by atoms with Gasteiger partial charge in [0.15, 0.2) is 0 Å². The van der Waals surface area contributed by atoms with Crippen molar-refractivity contribution in [3.8, 4) is 11.5 Å². The highest BCUT2D eigenvalue weighted by Gasteiger charge is 2.30. The van der Waals surface area contributed by atoms with Gasteiger partial charge in [0.1, 0.15) is 11.5 Å². The van der Waals surface area contributed by atoms with Gasteiger partial charge in [-0.1, -0.05) is 49.2 Å². The fourth-order valence-electron chi connectivity index (χ4n) is 3.48. The van der Waals surface area contributed by atoms with Gasteiger partial charge in [0.25, 0.3) is 0 Å². The van der Waals surface area contributed by atoms with Crippen LogP contribution in [0.3, 0.4) is 0 Å². The summed E-state index contributed by atoms with van der Waals surface area (Å²) in [6.45, 7) is 0. The van der Waals surface area contributed by atoms with Crippen LogP contribution in [0.25, 0.3) is 0 Å². The zero-order chi connectivity index (χ0) is 13.9. The maximum atomic E-state index is 10.1. The topological polar surface area (TPSA) is 40.5 Å². The summed E-state index contributed by atoms with van der Waals surface area (Å²) in [5.74, 6) is 1.33. The van der Waals surface area contributed by atoms with Crippen molar-refractivity contribution in [2.45, 2.75) is 37.5 Å². The number of hydrogen-bond acceptors (Lipinski definition) is 2. The van der Waals surface area contributed by atoms with Gasteiger partial charge in [-0.05, 0) is 47.9 Å². The average Bonchev–Trinajstić information content (AvgIpc) is 2.48. The van der Waals surface area contributed by atoms with Crippen molar-refractivity contribution in [2.24, 2.45) is 0 Å². The normalized spacial score (nSPS) is 22.6. The fraction of sp³-hybridized carbons (Fsp3) is 0.333. The molecule has 2 N–H and O–H groups in total. The summed E-state index contributed by atoms with van der Waals surface area (Å²) in [5, 5.41) is 20.3. The Morgan fingerprint density at radius 3 is 1.45 bits per heavy atom. The molecule has 0 amide bonds. The Kier molecular flexibility index (Phi) is 3.64. The Hall–Kier alpha value is -1.96. The third-order valence-electron chi connectivity index (χ3n) is 4.44. The quantitative estimate of drug-likeness (QED) is 0.839. The number of phenolic OH excluding ortho intramolecular Hbond substituents is 2. The lowest BCUT2D eigenvalue weighted by Gasteiger charge is -2.33. The van der Waals surface area contributed by atoms with E-state index >= 15 is 0 Å². The number of phenols is 2. The predicted octanol–water partition coefficient (Wildman–Crippen LogP) is 4.54. The second-order valence-corrected chi connectivity index (χ2v) is 5.62. The molecule has 20 heavy (non-hydrogen) atoms. The molecule has 2 aromatic carbocycles. The van der Waals surface area contributed by atoms with Crippen molar-refractivity contribution >= 4 is 0 Å². The molecular weight excluding hydrogens is 248 g/mol. The molecule has 1 aliphatic carbocycles. The zero-order valence-corrected chi connectivity index (χ0v) is 11.5. The van der Waals surface area contributed by atoms with Crippen LogP contribution < -0.4 is 0 Å². The van der Waals surface area contributed by atoms with Gasteiger partial charge in [-0.15, -0.1) is 0 Å². The molecule has 0 bridgehead atoms. The first kappa shape index (κ1) is 13.0. The summed E-state index contributed by atoms with van der Waals surface area (Å²) in [4.78, 5) is 0. The van der Waals surface area contributed by atoms with E-state index in [0.29, 0.717) is 23.3 Å². The standard InChI is InChI=1S/C18H20O2/c19-17-11-5-3-9-15(17)13-7-1-2-8-14(13)16-10-4-6-12-18(16)20/h3-6,9-14,19-20H,1-2,7-8H2. The van der Waals surface area contributed by atoms with Crippen LogP contribution in [0.2, 0.25) is 0 Å². The highest BCUT2D eigenvalue weighted by Crippen LogP contribution is 2.48. The van der Waals surface area contributed by atoms with Crippen molar-refractivity contribution in [2.75, 3.05) is 0 Å². The Balaban J connectivity index is 2.00. The van der Waals surface area contributed by atoms with Gasteiger partial charge >= 0.3 is 0 Å². The first-order valence-electron chi connectivity index (χ1n) is 7.33. The van der Waals surface area contributed by atoms with E-state index in [-0.39, 0.29) is 0 Å². The van der Waals surface area contributed by atoms with Crippen LogP contribution in [0.15, 0.2) is 48.5 Å². The Bertz CT molecular complexity index is 538. The minimum absolute atomic E-state index is 0.290. The van der Waals surface area contributed by atoms with Crippen molar-refractivity contribution in [3.05, 3.63) is 59.7 Å². The van der Waals surface area contributed by atoms with E-state index in [0.717, 1.165) is 24.0 Å². The second kappa shape index (κ2) is 5.58. The summed E-state index contributed by atoms with van der Waals surface area (Å²) < 4.78 is 0. The second-order valence-electron chi connectivity index (χ2n) is 5.62. The van der Waals surface area contributed by atoms with Crippen molar-refractivity contribution < 1.29 is 10.2 Å². The number of hydrogen-bond donors (Lipinski definition) is 2. The van der Waals surface area contributed by atoms with Crippen LogP contribution >= 0.6 is 0 Å². The van der Waals surface area contributed by atoms with E-state index in [9.17, 15) is 10.2 Å². The molecule has 2 unspecified atom stereocenters. The molecule has 104 valence electrons. The highest BCUT2D eigenvalue weighted by molar-refractivity contribution is 5.42. The van der Waals surface area contributed by atoms with E-state index in [2.05, 4.69) is 0 Å². The summed E-state index contributed by atoms with van der Waals surface area (Å²) in [7, 11) is 0. The summed E-state index contributed by atoms with van der Waals surface area (Å²) >= 11 is 0. The largest absolute Gasteiger partial charge is 0.508 e. The molecule has 0 saturated heterocycles. The molecule has 0 heterocycles. The van der Waals surface area contributed by atoms with Crippen LogP contribution in [0.4, 0.5) is 0 Å². The third-order valence-corrected chi connectivity index (χ3v) is 4.44. The molecule has 0 radical (unpaired) electrons. The van der Waals surface area contributed by atoms with Crippen LogP contribution in [0.1, 0.15) is 48.6 Å². The summed E-state index contributed by atoms with van der Waals surface area (Å²) in [5.41, 5.74) is 2.03. The monoisotopic (exact) mass is 268 g/mol. The van der Waals surface area contributed by atoms with Gasteiger partial charge in [0.05, 0.1) is 0 Å². The molecule has 0 aromatic heterocycles. The predicted molar refractivity (Wildman–Crippen MR) is 80.2 cm³/mol. The molecule has 1 fully saturated rings. The van der Waals surface area contributed by atoms with E-state index in [4.69, 9.17) is 0 Å². The lowest BCUT2D eigenvalue weighted by atomic mass is 9.72. The molecule has 3 rings (SSSR count). The van der Waals surface area contributed by atoms with Crippen LogP contribution in [0, 0.1) is 0 Å². The lowest BCUT2D eigenvalue weighted by molar-refractivity contribution is 0.360. The maximum Gasteiger partial charge on any atom is 0.119 e. The first-order valence-corrected chi connectivity index (χ1v) is 7.33. The number of para-hydroxylation sites is 2. The third kappa shape index (κ3) is 2.38. The molecule has 0 spiro atoms. The minimum atomic E-state index is 0.290. The van der Waals surface area contributed by atoms with Gasteiger partial charge < -0.3 is 10.2 Å². The Labute approximate surface area is 119 Å². The summed E-state index contributed by atoms with van der Waals surface area (Å²) in [6, 6.07) is 15.2. The zero-order valence-electron chi connectivity index (χ0n) is 11.5. The van der Waals surface area contributed by atoms with E-state index < -0.39 is 0 Å². The molecular formula is C18H20O2.